The van der Waals surface area contributed by atoms with Gasteiger partial charge < -0.3 is 14.2 Å². The maximum Gasteiger partial charge on any atom is 0.243 e. The van der Waals surface area contributed by atoms with Gasteiger partial charge in [0.25, 0.3) is 0 Å². The standard InChI is InChI=1S/C15H21NO5S/c1-14(2)20-10-15(11-21-14)8-16(9-15)22(17,18)13-6-4-5-12(7-13)19-3/h4-7H,8-11H2,1-3H3. The molecule has 0 N–H and O–H groups in total. The number of benzene rings is 1. The van der Waals surface area contributed by atoms with E-state index in [1.54, 1.807) is 18.2 Å². The topological polar surface area (TPSA) is 65.1 Å². The van der Waals surface area contributed by atoms with E-state index in [-0.39, 0.29) is 10.3 Å². The van der Waals surface area contributed by atoms with Crippen LogP contribution in [0, 0.1) is 5.41 Å². The summed E-state index contributed by atoms with van der Waals surface area (Å²) >= 11 is 0. The van der Waals surface area contributed by atoms with Crippen molar-refractivity contribution < 1.29 is 22.6 Å². The van der Waals surface area contributed by atoms with Crippen molar-refractivity contribution in [1.82, 2.24) is 4.31 Å². The Hall–Kier alpha value is -1.15. The van der Waals surface area contributed by atoms with Crippen molar-refractivity contribution in [3.05, 3.63) is 24.3 Å². The van der Waals surface area contributed by atoms with Gasteiger partial charge in [0.2, 0.25) is 10.0 Å². The van der Waals surface area contributed by atoms with Crippen molar-refractivity contribution in [1.29, 1.82) is 0 Å². The molecule has 0 saturated carbocycles. The van der Waals surface area contributed by atoms with Gasteiger partial charge in [0.15, 0.2) is 5.79 Å². The molecule has 22 heavy (non-hydrogen) atoms. The zero-order chi connectivity index (χ0) is 16.0. The van der Waals surface area contributed by atoms with Gasteiger partial charge in [0.1, 0.15) is 5.75 Å². The third-order valence-electron chi connectivity index (χ3n) is 4.15. The van der Waals surface area contributed by atoms with Gasteiger partial charge in [-0.2, -0.15) is 4.31 Å². The van der Waals surface area contributed by atoms with E-state index in [2.05, 4.69) is 0 Å². The quantitative estimate of drug-likeness (QED) is 0.841. The SMILES string of the molecule is COc1cccc(S(=O)(=O)N2CC3(COC(C)(C)OC3)C2)c1. The summed E-state index contributed by atoms with van der Waals surface area (Å²) in [4.78, 5) is 0.250. The van der Waals surface area contributed by atoms with E-state index in [0.717, 1.165) is 0 Å². The van der Waals surface area contributed by atoms with E-state index >= 15 is 0 Å². The second kappa shape index (κ2) is 5.19. The summed E-state index contributed by atoms with van der Waals surface area (Å²) in [6, 6.07) is 6.52. The molecule has 1 aromatic carbocycles. The first kappa shape index (κ1) is 15.7. The van der Waals surface area contributed by atoms with Crippen LogP contribution in [-0.2, 0) is 19.5 Å². The van der Waals surface area contributed by atoms with Crippen molar-refractivity contribution >= 4 is 10.0 Å². The van der Waals surface area contributed by atoms with Crippen LogP contribution in [0.1, 0.15) is 13.8 Å². The number of sulfonamides is 1. The molecular weight excluding hydrogens is 306 g/mol. The Bertz CT molecular complexity index is 652. The number of methoxy groups -OCH3 is 1. The Labute approximate surface area is 131 Å². The van der Waals surface area contributed by atoms with Gasteiger partial charge in [-0.15, -0.1) is 0 Å². The van der Waals surface area contributed by atoms with E-state index in [0.29, 0.717) is 32.1 Å². The Kier molecular flexibility index (Phi) is 3.71. The first-order valence-electron chi connectivity index (χ1n) is 7.19. The molecule has 2 fully saturated rings. The lowest BCUT2D eigenvalue weighted by Crippen LogP contribution is -2.65. The first-order chi connectivity index (χ1) is 10.3. The van der Waals surface area contributed by atoms with Crippen LogP contribution in [0.4, 0.5) is 0 Å². The molecule has 0 aromatic heterocycles. The summed E-state index contributed by atoms with van der Waals surface area (Å²) in [6.07, 6.45) is 0. The fourth-order valence-electron chi connectivity index (χ4n) is 2.70. The summed E-state index contributed by atoms with van der Waals surface area (Å²) < 4.78 is 43.1. The van der Waals surface area contributed by atoms with Gasteiger partial charge in [-0.1, -0.05) is 6.07 Å². The Morgan fingerprint density at radius 1 is 1.18 bits per heavy atom. The van der Waals surface area contributed by atoms with Crippen molar-refractivity contribution in [2.75, 3.05) is 33.4 Å². The van der Waals surface area contributed by atoms with Crippen LogP contribution in [0.15, 0.2) is 29.2 Å². The lowest BCUT2D eigenvalue weighted by molar-refractivity contribution is -0.299. The highest BCUT2D eigenvalue weighted by atomic mass is 32.2. The molecule has 0 unspecified atom stereocenters. The van der Waals surface area contributed by atoms with Crippen molar-refractivity contribution in [3.63, 3.8) is 0 Å². The molecule has 2 aliphatic heterocycles. The molecule has 1 aromatic rings. The van der Waals surface area contributed by atoms with E-state index in [1.165, 1.54) is 17.5 Å². The van der Waals surface area contributed by atoms with Gasteiger partial charge in [-0.05, 0) is 26.0 Å². The van der Waals surface area contributed by atoms with Crippen LogP contribution in [0.3, 0.4) is 0 Å². The first-order valence-corrected chi connectivity index (χ1v) is 8.63. The molecule has 0 amide bonds. The molecule has 7 heteroatoms. The maximum absolute atomic E-state index is 12.6. The average Bonchev–Trinajstić information content (AvgIpc) is 2.45. The van der Waals surface area contributed by atoms with Gasteiger partial charge in [-0.25, -0.2) is 8.42 Å². The Morgan fingerprint density at radius 3 is 2.41 bits per heavy atom. The highest BCUT2D eigenvalue weighted by Gasteiger charge is 2.52. The van der Waals surface area contributed by atoms with Crippen LogP contribution in [-0.4, -0.2) is 51.9 Å². The third-order valence-corrected chi connectivity index (χ3v) is 5.94. The predicted molar refractivity (Wildman–Crippen MR) is 80.2 cm³/mol. The highest BCUT2D eigenvalue weighted by molar-refractivity contribution is 7.89. The average molecular weight is 327 g/mol. The third kappa shape index (κ3) is 2.74. The minimum atomic E-state index is -3.50. The Morgan fingerprint density at radius 2 is 1.82 bits per heavy atom. The molecule has 122 valence electrons. The van der Waals surface area contributed by atoms with E-state index < -0.39 is 15.8 Å². The Balaban J connectivity index is 1.71. The molecule has 0 radical (unpaired) electrons. The number of nitrogens with zero attached hydrogens (tertiary/aromatic N) is 1. The lowest BCUT2D eigenvalue weighted by Gasteiger charge is -2.53. The minimum absolute atomic E-state index is 0.221. The van der Waals surface area contributed by atoms with E-state index in [9.17, 15) is 8.42 Å². The fraction of sp³-hybridized carbons (Fsp3) is 0.600. The number of ether oxygens (including phenoxy) is 3. The van der Waals surface area contributed by atoms with Crippen LogP contribution in [0.25, 0.3) is 0 Å². The smallest absolute Gasteiger partial charge is 0.243 e. The van der Waals surface area contributed by atoms with Crippen molar-refractivity contribution in [3.8, 4) is 5.75 Å². The molecule has 6 nitrogen and oxygen atoms in total. The lowest BCUT2D eigenvalue weighted by atomic mass is 9.82. The minimum Gasteiger partial charge on any atom is -0.497 e. The summed E-state index contributed by atoms with van der Waals surface area (Å²) in [5, 5.41) is 0. The number of hydrogen-bond acceptors (Lipinski definition) is 5. The molecule has 0 aliphatic carbocycles. The fourth-order valence-corrected chi connectivity index (χ4v) is 4.40. The molecule has 3 rings (SSSR count). The highest BCUT2D eigenvalue weighted by Crippen LogP contribution is 2.40. The zero-order valence-corrected chi connectivity index (χ0v) is 13.9. The summed E-state index contributed by atoms with van der Waals surface area (Å²) in [6.45, 7) is 5.60. The normalized spacial score (nSPS) is 24.0. The summed E-state index contributed by atoms with van der Waals surface area (Å²) in [7, 11) is -1.98. The van der Waals surface area contributed by atoms with Crippen LogP contribution in [0.5, 0.6) is 5.75 Å². The molecule has 0 bridgehead atoms. The van der Waals surface area contributed by atoms with Crippen LogP contribution >= 0.6 is 0 Å². The molecule has 2 saturated heterocycles. The van der Waals surface area contributed by atoms with E-state index in [1.807, 2.05) is 13.8 Å². The van der Waals surface area contributed by atoms with Gasteiger partial charge >= 0.3 is 0 Å². The zero-order valence-electron chi connectivity index (χ0n) is 13.0. The van der Waals surface area contributed by atoms with Crippen LogP contribution in [0.2, 0.25) is 0 Å². The monoisotopic (exact) mass is 327 g/mol. The largest absolute Gasteiger partial charge is 0.497 e. The molecular formula is C15H21NO5S. The molecule has 0 atom stereocenters. The van der Waals surface area contributed by atoms with Gasteiger partial charge in [0, 0.05) is 24.6 Å². The van der Waals surface area contributed by atoms with Crippen molar-refractivity contribution in [2.45, 2.75) is 24.5 Å². The second-order valence-corrected chi connectivity index (χ2v) is 8.37. The van der Waals surface area contributed by atoms with Gasteiger partial charge in [-0.3, -0.25) is 0 Å². The second-order valence-electron chi connectivity index (χ2n) is 6.43. The summed E-state index contributed by atoms with van der Waals surface area (Å²) in [5.74, 6) is -0.0560. The predicted octanol–water partition coefficient (Wildman–Crippen LogP) is 1.47. The summed E-state index contributed by atoms with van der Waals surface area (Å²) in [5.41, 5.74) is -0.221. The molecule has 2 aliphatic rings. The van der Waals surface area contributed by atoms with E-state index in [4.69, 9.17) is 14.2 Å². The maximum atomic E-state index is 12.6. The molecule has 2 heterocycles. The van der Waals surface area contributed by atoms with Gasteiger partial charge in [0.05, 0.1) is 25.2 Å². The van der Waals surface area contributed by atoms with Crippen LogP contribution < -0.4 is 4.74 Å². The van der Waals surface area contributed by atoms with Crippen molar-refractivity contribution in [2.24, 2.45) is 5.41 Å². The number of rotatable bonds is 3. The number of hydrogen-bond donors (Lipinski definition) is 0. The molecule has 1 spiro atoms.